The molecule has 154 valence electrons. The predicted octanol–water partition coefficient (Wildman–Crippen LogP) is 4.72. The van der Waals surface area contributed by atoms with E-state index in [9.17, 15) is 22.8 Å². The Bertz CT molecular complexity index is 873. The van der Waals surface area contributed by atoms with Gasteiger partial charge >= 0.3 is 6.36 Å². The van der Waals surface area contributed by atoms with Crippen molar-refractivity contribution in [3.8, 4) is 5.75 Å². The molecule has 0 heterocycles. The molecule has 0 saturated carbocycles. The molecule has 2 rings (SSSR count). The summed E-state index contributed by atoms with van der Waals surface area (Å²) in [7, 11) is 0. The summed E-state index contributed by atoms with van der Waals surface area (Å²) in [6.45, 7) is 4.95. The normalized spacial score (nSPS) is 11.3. The third-order valence-corrected chi connectivity index (χ3v) is 3.97. The van der Waals surface area contributed by atoms with Crippen LogP contribution < -0.4 is 10.1 Å². The first kappa shape index (κ1) is 22.0. The van der Waals surface area contributed by atoms with Crippen LogP contribution in [0.4, 0.5) is 18.9 Å². The maximum absolute atomic E-state index is 12.4. The van der Waals surface area contributed by atoms with Gasteiger partial charge in [0.2, 0.25) is 5.91 Å². The van der Waals surface area contributed by atoms with Gasteiger partial charge in [0.1, 0.15) is 5.75 Å². The highest BCUT2D eigenvalue weighted by Gasteiger charge is 2.30. The number of carbonyl (C=O) groups excluding carboxylic acids is 2. The van der Waals surface area contributed by atoms with Crippen LogP contribution in [0.5, 0.6) is 5.75 Å². The zero-order valence-corrected chi connectivity index (χ0v) is 16.0. The first-order valence-electron chi connectivity index (χ1n) is 8.96. The number of halogens is 3. The maximum atomic E-state index is 12.4. The molecule has 8 heteroatoms. The Kier molecular flexibility index (Phi) is 7.41. The summed E-state index contributed by atoms with van der Waals surface area (Å²) in [4.78, 5) is 26.2. The number of nitrogens with one attached hydrogen (secondary N) is 1. The Morgan fingerprint density at radius 2 is 1.72 bits per heavy atom. The third kappa shape index (κ3) is 6.99. The third-order valence-electron chi connectivity index (χ3n) is 3.97. The van der Waals surface area contributed by atoms with E-state index in [4.69, 9.17) is 0 Å². The van der Waals surface area contributed by atoms with Crippen molar-refractivity contribution >= 4 is 23.6 Å². The fraction of sp³-hybridized carbons (Fsp3) is 0.238. The van der Waals surface area contributed by atoms with Crippen LogP contribution in [0.25, 0.3) is 6.08 Å². The molecule has 0 aromatic heterocycles. The van der Waals surface area contributed by atoms with Crippen LogP contribution in [-0.2, 0) is 4.79 Å². The van der Waals surface area contributed by atoms with Crippen molar-refractivity contribution in [2.75, 3.05) is 18.4 Å². The molecular weight excluding hydrogens is 385 g/mol. The highest BCUT2D eigenvalue weighted by molar-refractivity contribution is 6.03. The van der Waals surface area contributed by atoms with Crippen molar-refractivity contribution in [2.24, 2.45) is 0 Å². The van der Waals surface area contributed by atoms with E-state index in [1.54, 1.807) is 29.2 Å². The molecule has 0 spiro atoms. The minimum absolute atomic E-state index is 0.122. The lowest BCUT2D eigenvalue weighted by Crippen LogP contribution is -2.30. The van der Waals surface area contributed by atoms with Crippen LogP contribution in [0.3, 0.4) is 0 Å². The fourth-order valence-corrected chi connectivity index (χ4v) is 2.56. The quantitative estimate of drug-likeness (QED) is 0.677. The molecule has 0 bridgehead atoms. The number of amides is 2. The van der Waals surface area contributed by atoms with Crippen LogP contribution in [0.1, 0.15) is 29.8 Å². The lowest BCUT2D eigenvalue weighted by molar-refractivity contribution is -0.274. The van der Waals surface area contributed by atoms with Crippen molar-refractivity contribution in [3.63, 3.8) is 0 Å². The second kappa shape index (κ2) is 9.77. The molecule has 5 nitrogen and oxygen atoms in total. The Hall–Kier alpha value is -3.29. The van der Waals surface area contributed by atoms with Crippen molar-refractivity contribution in [2.45, 2.75) is 20.2 Å². The summed E-state index contributed by atoms with van der Waals surface area (Å²) in [5, 5.41) is 2.65. The number of nitrogens with zero attached hydrogens (tertiary/aromatic N) is 1. The van der Waals surface area contributed by atoms with Gasteiger partial charge in [0.25, 0.3) is 5.91 Å². The topological polar surface area (TPSA) is 58.6 Å². The van der Waals surface area contributed by atoms with Gasteiger partial charge in [-0.25, -0.2) is 0 Å². The van der Waals surface area contributed by atoms with E-state index in [1.165, 1.54) is 24.3 Å². The average Bonchev–Trinajstić information content (AvgIpc) is 2.67. The van der Waals surface area contributed by atoms with Gasteiger partial charge < -0.3 is 15.0 Å². The van der Waals surface area contributed by atoms with Gasteiger partial charge in [-0.3, -0.25) is 9.59 Å². The molecule has 2 aromatic carbocycles. The number of ether oxygens (including phenoxy) is 1. The molecule has 2 aromatic rings. The Morgan fingerprint density at radius 1 is 1.07 bits per heavy atom. The first-order chi connectivity index (χ1) is 13.7. The largest absolute Gasteiger partial charge is 0.573 e. The molecule has 29 heavy (non-hydrogen) atoms. The molecule has 0 aliphatic rings. The van der Waals surface area contributed by atoms with Gasteiger partial charge in [0, 0.05) is 30.4 Å². The van der Waals surface area contributed by atoms with Crippen LogP contribution >= 0.6 is 0 Å². The number of benzene rings is 2. The lowest BCUT2D eigenvalue weighted by Gasteiger charge is -2.18. The van der Waals surface area contributed by atoms with E-state index in [1.807, 2.05) is 13.8 Å². The SMILES string of the molecule is CCN(CC)C(=O)c1cccc(NC(=O)/C=C/c2ccc(OC(F)(F)F)cc2)c1. The molecule has 0 aliphatic heterocycles. The molecule has 2 amide bonds. The van der Waals surface area contributed by atoms with E-state index in [0.29, 0.717) is 29.9 Å². The Balaban J connectivity index is 2.00. The molecular formula is C21H21F3N2O3. The number of rotatable bonds is 7. The van der Waals surface area contributed by atoms with Gasteiger partial charge in [-0.05, 0) is 55.8 Å². The summed E-state index contributed by atoms with van der Waals surface area (Å²) in [6, 6.07) is 11.7. The molecule has 0 atom stereocenters. The average molecular weight is 406 g/mol. The number of anilines is 1. The summed E-state index contributed by atoms with van der Waals surface area (Å²) >= 11 is 0. The Morgan fingerprint density at radius 3 is 2.31 bits per heavy atom. The minimum atomic E-state index is -4.75. The summed E-state index contributed by atoms with van der Waals surface area (Å²) in [5.74, 6) is -0.898. The van der Waals surface area contributed by atoms with Crippen molar-refractivity contribution in [1.29, 1.82) is 0 Å². The van der Waals surface area contributed by atoms with E-state index in [2.05, 4.69) is 10.1 Å². The highest BCUT2D eigenvalue weighted by atomic mass is 19.4. The monoisotopic (exact) mass is 406 g/mol. The van der Waals surface area contributed by atoms with Gasteiger partial charge in [-0.1, -0.05) is 18.2 Å². The number of hydrogen-bond donors (Lipinski definition) is 1. The van der Waals surface area contributed by atoms with Crippen LogP contribution in [0, 0.1) is 0 Å². The van der Waals surface area contributed by atoms with E-state index < -0.39 is 12.3 Å². The van der Waals surface area contributed by atoms with Gasteiger partial charge in [-0.15, -0.1) is 13.2 Å². The van der Waals surface area contributed by atoms with E-state index in [-0.39, 0.29) is 11.7 Å². The van der Waals surface area contributed by atoms with Gasteiger partial charge in [-0.2, -0.15) is 0 Å². The maximum Gasteiger partial charge on any atom is 0.573 e. The van der Waals surface area contributed by atoms with Crippen LogP contribution in [-0.4, -0.2) is 36.2 Å². The van der Waals surface area contributed by atoms with Crippen molar-refractivity contribution in [3.05, 3.63) is 65.7 Å². The second-order valence-corrected chi connectivity index (χ2v) is 6.00. The first-order valence-corrected chi connectivity index (χ1v) is 8.96. The second-order valence-electron chi connectivity index (χ2n) is 6.00. The number of hydrogen-bond acceptors (Lipinski definition) is 3. The minimum Gasteiger partial charge on any atom is -0.406 e. The standard InChI is InChI=1S/C21H21F3N2O3/c1-3-26(4-2)20(28)16-6-5-7-17(14-16)25-19(27)13-10-15-8-11-18(12-9-15)29-21(22,23)24/h5-14H,3-4H2,1-2H3,(H,25,27)/b13-10+. The zero-order chi connectivity index (χ0) is 21.4. The summed E-state index contributed by atoms with van der Waals surface area (Å²) < 4.78 is 40.2. The van der Waals surface area contributed by atoms with E-state index >= 15 is 0 Å². The molecule has 1 N–H and O–H groups in total. The number of alkyl halides is 3. The number of carbonyl (C=O) groups is 2. The van der Waals surface area contributed by atoms with Crippen LogP contribution in [0.15, 0.2) is 54.6 Å². The lowest BCUT2D eigenvalue weighted by atomic mass is 10.1. The Labute approximate surface area is 166 Å². The molecule has 0 unspecified atom stereocenters. The summed E-state index contributed by atoms with van der Waals surface area (Å²) in [5.41, 5.74) is 1.46. The summed E-state index contributed by atoms with van der Waals surface area (Å²) in [6.07, 6.45) is -2.05. The predicted molar refractivity (Wildman–Crippen MR) is 104 cm³/mol. The smallest absolute Gasteiger partial charge is 0.406 e. The molecule has 0 aliphatic carbocycles. The molecule has 0 saturated heterocycles. The van der Waals surface area contributed by atoms with Gasteiger partial charge in [0.15, 0.2) is 0 Å². The molecule has 0 fully saturated rings. The van der Waals surface area contributed by atoms with Gasteiger partial charge in [0.05, 0.1) is 0 Å². The zero-order valence-electron chi connectivity index (χ0n) is 16.0. The van der Waals surface area contributed by atoms with Crippen molar-refractivity contribution < 1.29 is 27.5 Å². The van der Waals surface area contributed by atoms with E-state index in [0.717, 1.165) is 12.1 Å². The molecule has 0 radical (unpaired) electrons. The fourth-order valence-electron chi connectivity index (χ4n) is 2.56. The highest BCUT2D eigenvalue weighted by Crippen LogP contribution is 2.23. The van der Waals surface area contributed by atoms with Crippen LogP contribution in [0.2, 0.25) is 0 Å². The van der Waals surface area contributed by atoms with Crippen molar-refractivity contribution in [1.82, 2.24) is 4.90 Å².